The maximum Gasteiger partial charge on any atom is 0.309 e. The highest BCUT2D eigenvalue weighted by Crippen LogP contribution is 2.41. The molecule has 1 N–H and O–H groups in total. The maximum atomic E-state index is 11.8. The van der Waals surface area contributed by atoms with Gasteiger partial charge in [0.15, 0.2) is 0 Å². The van der Waals surface area contributed by atoms with Crippen molar-refractivity contribution in [1.82, 2.24) is 5.32 Å². The quantitative estimate of drug-likeness (QED) is 0.858. The zero-order valence-corrected chi connectivity index (χ0v) is 12.7. The number of benzene rings is 1. The molecule has 3 heteroatoms. The Bertz CT molecular complexity index is 442. The van der Waals surface area contributed by atoms with E-state index in [2.05, 4.69) is 43.4 Å². The topological polar surface area (TPSA) is 38.3 Å². The fourth-order valence-electron chi connectivity index (χ4n) is 3.25. The zero-order valence-electron chi connectivity index (χ0n) is 12.7. The summed E-state index contributed by atoms with van der Waals surface area (Å²) in [5.41, 5.74) is 1.31. The molecule has 0 aliphatic heterocycles. The normalized spacial score (nSPS) is 25.1. The summed E-state index contributed by atoms with van der Waals surface area (Å²) in [6.45, 7) is 5.24. The monoisotopic (exact) mass is 275 g/mol. The second-order valence-corrected chi connectivity index (χ2v) is 6.41. The highest BCUT2D eigenvalue weighted by atomic mass is 16.5. The Balaban J connectivity index is 1.89. The van der Waals surface area contributed by atoms with Crippen molar-refractivity contribution in [3.8, 4) is 0 Å². The van der Waals surface area contributed by atoms with Crippen LogP contribution in [0.15, 0.2) is 30.3 Å². The molecule has 110 valence electrons. The fraction of sp³-hybridized carbons (Fsp3) is 0.588. The first-order chi connectivity index (χ1) is 9.53. The molecule has 1 aromatic rings. The van der Waals surface area contributed by atoms with Crippen LogP contribution in [0.2, 0.25) is 0 Å². The number of hydrogen-bond donors (Lipinski definition) is 1. The minimum atomic E-state index is -0.0588. The Labute approximate surface area is 121 Å². The van der Waals surface area contributed by atoms with E-state index in [1.54, 1.807) is 0 Å². The lowest BCUT2D eigenvalue weighted by molar-refractivity contribution is -0.151. The predicted molar refractivity (Wildman–Crippen MR) is 80.2 cm³/mol. The van der Waals surface area contributed by atoms with Crippen molar-refractivity contribution in [2.75, 3.05) is 7.11 Å². The third-order valence-corrected chi connectivity index (χ3v) is 4.44. The third-order valence-electron chi connectivity index (χ3n) is 4.44. The Morgan fingerprint density at radius 3 is 2.60 bits per heavy atom. The minimum absolute atomic E-state index is 0.000300. The molecule has 0 aromatic heterocycles. The van der Waals surface area contributed by atoms with Gasteiger partial charge in [0.1, 0.15) is 0 Å². The molecular formula is C17H25NO2. The SMILES string of the molecule is COC(=O)C1CCC(NCc2ccccc2)CC1(C)C. The van der Waals surface area contributed by atoms with Gasteiger partial charge in [0.05, 0.1) is 13.0 Å². The lowest BCUT2D eigenvalue weighted by Crippen LogP contribution is -2.44. The molecule has 3 nitrogen and oxygen atoms in total. The highest BCUT2D eigenvalue weighted by Gasteiger charge is 2.41. The summed E-state index contributed by atoms with van der Waals surface area (Å²) >= 11 is 0. The van der Waals surface area contributed by atoms with Crippen molar-refractivity contribution < 1.29 is 9.53 Å². The Morgan fingerprint density at radius 2 is 2.00 bits per heavy atom. The van der Waals surface area contributed by atoms with E-state index in [4.69, 9.17) is 4.74 Å². The van der Waals surface area contributed by atoms with Gasteiger partial charge in [-0.05, 0) is 30.2 Å². The molecule has 1 aromatic carbocycles. The second-order valence-electron chi connectivity index (χ2n) is 6.41. The molecule has 1 fully saturated rings. The molecule has 1 saturated carbocycles. The first kappa shape index (κ1) is 15.0. The van der Waals surface area contributed by atoms with Crippen LogP contribution in [-0.2, 0) is 16.1 Å². The van der Waals surface area contributed by atoms with Crippen molar-refractivity contribution in [3.05, 3.63) is 35.9 Å². The summed E-state index contributed by atoms with van der Waals surface area (Å²) in [5, 5.41) is 3.62. The Morgan fingerprint density at radius 1 is 1.30 bits per heavy atom. The number of methoxy groups -OCH3 is 1. The average Bonchev–Trinajstić information content (AvgIpc) is 2.44. The molecule has 2 unspecified atom stereocenters. The molecular weight excluding hydrogens is 250 g/mol. The molecule has 0 heterocycles. The summed E-state index contributed by atoms with van der Waals surface area (Å²) in [7, 11) is 1.48. The fourth-order valence-corrected chi connectivity index (χ4v) is 3.25. The van der Waals surface area contributed by atoms with Gasteiger partial charge in [-0.3, -0.25) is 4.79 Å². The van der Waals surface area contributed by atoms with Crippen molar-refractivity contribution in [1.29, 1.82) is 0 Å². The van der Waals surface area contributed by atoms with Crippen molar-refractivity contribution in [2.45, 2.75) is 45.7 Å². The summed E-state index contributed by atoms with van der Waals surface area (Å²) < 4.78 is 4.93. The summed E-state index contributed by atoms with van der Waals surface area (Å²) in [6, 6.07) is 10.9. The molecule has 2 rings (SSSR count). The van der Waals surface area contributed by atoms with Crippen molar-refractivity contribution in [3.63, 3.8) is 0 Å². The van der Waals surface area contributed by atoms with Gasteiger partial charge in [-0.25, -0.2) is 0 Å². The van der Waals surface area contributed by atoms with Gasteiger partial charge in [-0.2, -0.15) is 0 Å². The van der Waals surface area contributed by atoms with E-state index in [1.807, 2.05) is 6.07 Å². The van der Waals surface area contributed by atoms with E-state index in [1.165, 1.54) is 12.7 Å². The number of ether oxygens (including phenoxy) is 1. The largest absolute Gasteiger partial charge is 0.469 e. The summed E-state index contributed by atoms with van der Waals surface area (Å²) in [5.74, 6) is -0.0289. The Hall–Kier alpha value is -1.35. The third kappa shape index (κ3) is 3.60. The minimum Gasteiger partial charge on any atom is -0.469 e. The van der Waals surface area contributed by atoms with Gasteiger partial charge in [0.25, 0.3) is 0 Å². The smallest absolute Gasteiger partial charge is 0.309 e. The van der Waals surface area contributed by atoms with E-state index in [-0.39, 0.29) is 17.3 Å². The number of rotatable bonds is 4. The van der Waals surface area contributed by atoms with Crippen LogP contribution in [0.4, 0.5) is 0 Å². The number of carbonyl (C=O) groups is 1. The van der Waals surface area contributed by atoms with E-state index in [9.17, 15) is 4.79 Å². The molecule has 0 bridgehead atoms. The molecule has 0 spiro atoms. The first-order valence-electron chi connectivity index (χ1n) is 7.38. The van der Waals surface area contributed by atoms with Crippen LogP contribution >= 0.6 is 0 Å². The van der Waals surface area contributed by atoms with Crippen LogP contribution in [0.3, 0.4) is 0 Å². The number of esters is 1. The van der Waals surface area contributed by atoms with Gasteiger partial charge in [0.2, 0.25) is 0 Å². The molecule has 20 heavy (non-hydrogen) atoms. The standard InChI is InChI=1S/C17H25NO2/c1-17(2)11-14(9-10-15(17)16(19)20-3)18-12-13-7-5-4-6-8-13/h4-8,14-15,18H,9-12H2,1-3H3. The summed E-state index contributed by atoms with van der Waals surface area (Å²) in [4.78, 5) is 11.8. The lowest BCUT2D eigenvalue weighted by Gasteiger charge is -2.41. The molecule has 0 saturated heterocycles. The van der Waals surface area contributed by atoms with Crippen LogP contribution in [0, 0.1) is 11.3 Å². The van der Waals surface area contributed by atoms with Gasteiger partial charge >= 0.3 is 5.97 Å². The predicted octanol–water partition coefficient (Wildman–Crippen LogP) is 3.14. The van der Waals surface area contributed by atoms with Crippen molar-refractivity contribution in [2.24, 2.45) is 11.3 Å². The molecule has 0 amide bonds. The van der Waals surface area contributed by atoms with E-state index in [0.717, 1.165) is 25.8 Å². The molecule has 1 aliphatic rings. The number of carbonyl (C=O) groups excluding carboxylic acids is 1. The second kappa shape index (κ2) is 6.40. The van der Waals surface area contributed by atoms with Crippen LogP contribution in [0.1, 0.15) is 38.7 Å². The van der Waals surface area contributed by atoms with Gasteiger partial charge in [0, 0.05) is 12.6 Å². The molecule has 1 aliphatic carbocycles. The number of hydrogen-bond acceptors (Lipinski definition) is 3. The van der Waals surface area contributed by atoms with E-state index < -0.39 is 0 Å². The van der Waals surface area contributed by atoms with Crippen LogP contribution in [-0.4, -0.2) is 19.1 Å². The maximum absolute atomic E-state index is 11.8. The van der Waals surface area contributed by atoms with Gasteiger partial charge in [-0.1, -0.05) is 44.2 Å². The van der Waals surface area contributed by atoms with Gasteiger partial charge in [-0.15, -0.1) is 0 Å². The van der Waals surface area contributed by atoms with Gasteiger partial charge < -0.3 is 10.1 Å². The van der Waals surface area contributed by atoms with Crippen LogP contribution in [0.25, 0.3) is 0 Å². The zero-order chi connectivity index (χ0) is 14.6. The van der Waals surface area contributed by atoms with E-state index >= 15 is 0 Å². The first-order valence-corrected chi connectivity index (χ1v) is 7.38. The van der Waals surface area contributed by atoms with Crippen LogP contribution < -0.4 is 5.32 Å². The molecule has 0 radical (unpaired) electrons. The highest BCUT2D eigenvalue weighted by molar-refractivity contribution is 5.73. The van der Waals surface area contributed by atoms with Crippen LogP contribution in [0.5, 0.6) is 0 Å². The van der Waals surface area contributed by atoms with Crippen molar-refractivity contribution >= 4 is 5.97 Å². The number of nitrogens with one attached hydrogen (secondary N) is 1. The molecule has 2 atom stereocenters. The van der Waals surface area contributed by atoms with E-state index in [0.29, 0.717) is 6.04 Å². The summed E-state index contributed by atoms with van der Waals surface area (Å²) in [6.07, 6.45) is 2.96. The average molecular weight is 275 g/mol. The Kier molecular flexibility index (Phi) is 4.81. The lowest BCUT2D eigenvalue weighted by atomic mass is 9.67.